The number of rotatable bonds is 4. The van der Waals surface area contributed by atoms with Crippen LogP contribution in [0.3, 0.4) is 0 Å². The zero-order valence-electron chi connectivity index (χ0n) is 15.7. The average Bonchev–Trinajstić information content (AvgIpc) is 3.54. The maximum atomic E-state index is 15.0. The molecule has 9 heteroatoms. The predicted octanol–water partition coefficient (Wildman–Crippen LogP) is 2.30. The monoisotopic (exact) mass is 397 g/mol. The molecule has 0 spiro atoms. The Morgan fingerprint density at radius 1 is 1.45 bits per heavy atom. The van der Waals surface area contributed by atoms with Gasteiger partial charge >= 0.3 is 5.97 Å². The summed E-state index contributed by atoms with van der Waals surface area (Å²) >= 11 is 0. The SMILES string of the molecule is [C-]#[N+]/C(CN)=C1\CCCN(c2nc3c(cc2F)c(=O)c(C(=O)O)cn3C2CC2)C1. The molecular weight excluding hydrogens is 377 g/mol. The molecule has 1 aliphatic heterocycles. The molecule has 2 aromatic heterocycles. The summed E-state index contributed by atoms with van der Waals surface area (Å²) < 4.78 is 16.6. The Kier molecular flexibility index (Phi) is 4.80. The van der Waals surface area contributed by atoms with Crippen molar-refractivity contribution in [1.82, 2.24) is 9.55 Å². The van der Waals surface area contributed by atoms with Gasteiger partial charge in [-0.05, 0) is 37.3 Å². The molecule has 8 nitrogen and oxygen atoms in total. The lowest BCUT2D eigenvalue weighted by molar-refractivity contribution is 0.0695. The molecule has 0 atom stereocenters. The van der Waals surface area contributed by atoms with Crippen molar-refractivity contribution in [2.24, 2.45) is 5.73 Å². The number of piperidine rings is 1. The van der Waals surface area contributed by atoms with Gasteiger partial charge in [0, 0.05) is 31.9 Å². The highest BCUT2D eigenvalue weighted by molar-refractivity contribution is 5.92. The largest absolute Gasteiger partial charge is 0.477 e. The van der Waals surface area contributed by atoms with Crippen LogP contribution in [0.15, 0.2) is 28.3 Å². The maximum Gasteiger partial charge on any atom is 0.341 e. The Morgan fingerprint density at radius 3 is 2.83 bits per heavy atom. The summed E-state index contributed by atoms with van der Waals surface area (Å²) in [6.07, 6.45) is 4.49. The highest BCUT2D eigenvalue weighted by atomic mass is 19.1. The van der Waals surface area contributed by atoms with Crippen LogP contribution in [0.25, 0.3) is 15.9 Å². The van der Waals surface area contributed by atoms with E-state index in [2.05, 4.69) is 9.83 Å². The van der Waals surface area contributed by atoms with Crippen LogP contribution >= 0.6 is 0 Å². The number of hydrogen-bond donors (Lipinski definition) is 2. The van der Waals surface area contributed by atoms with Gasteiger partial charge in [0.1, 0.15) is 11.2 Å². The summed E-state index contributed by atoms with van der Waals surface area (Å²) in [5.74, 6) is -1.92. The number of fused-ring (bicyclic) bond motifs is 1. The molecule has 1 saturated heterocycles. The number of aromatic carboxylic acids is 1. The van der Waals surface area contributed by atoms with E-state index in [-0.39, 0.29) is 29.4 Å². The Bertz CT molecular complexity index is 1140. The number of carboxylic acids is 1. The molecule has 29 heavy (non-hydrogen) atoms. The third kappa shape index (κ3) is 3.36. The third-order valence-corrected chi connectivity index (χ3v) is 5.43. The van der Waals surface area contributed by atoms with Gasteiger partial charge in [0.2, 0.25) is 5.43 Å². The molecule has 0 amide bonds. The lowest BCUT2D eigenvalue weighted by Gasteiger charge is -2.31. The van der Waals surface area contributed by atoms with Crippen molar-refractivity contribution < 1.29 is 14.3 Å². The minimum atomic E-state index is -1.34. The molecule has 1 aliphatic carbocycles. The zero-order valence-corrected chi connectivity index (χ0v) is 15.7. The number of pyridine rings is 2. The lowest BCUT2D eigenvalue weighted by Crippen LogP contribution is -2.34. The van der Waals surface area contributed by atoms with Gasteiger partial charge in [-0.15, -0.1) is 0 Å². The molecule has 3 heterocycles. The summed E-state index contributed by atoms with van der Waals surface area (Å²) in [7, 11) is 0. The highest BCUT2D eigenvalue weighted by Crippen LogP contribution is 2.37. The van der Waals surface area contributed by atoms with Crippen LogP contribution in [0, 0.1) is 12.4 Å². The summed E-state index contributed by atoms with van der Waals surface area (Å²) in [6.45, 7) is 8.33. The fourth-order valence-electron chi connectivity index (χ4n) is 3.80. The molecule has 150 valence electrons. The number of aromatic nitrogens is 2. The first-order chi connectivity index (χ1) is 13.9. The Balaban J connectivity index is 1.86. The van der Waals surface area contributed by atoms with Gasteiger partial charge < -0.3 is 20.3 Å². The second-order valence-electron chi connectivity index (χ2n) is 7.37. The second kappa shape index (κ2) is 7.29. The van der Waals surface area contributed by atoms with E-state index in [1.165, 1.54) is 6.20 Å². The number of carboxylic acid groups (broad SMARTS) is 1. The fraction of sp³-hybridized carbons (Fsp3) is 0.400. The molecule has 3 N–H and O–H groups in total. The van der Waals surface area contributed by atoms with Gasteiger partial charge in [0.05, 0.1) is 12.0 Å². The van der Waals surface area contributed by atoms with E-state index >= 15 is 0 Å². The van der Waals surface area contributed by atoms with Gasteiger partial charge in [-0.3, -0.25) is 4.79 Å². The summed E-state index contributed by atoms with van der Waals surface area (Å²) in [5, 5.41) is 9.30. The molecule has 0 aromatic carbocycles. The predicted molar refractivity (Wildman–Crippen MR) is 105 cm³/mol. The number of halogens is 1. The van der Waals surface area contributed by atoms with Crippen molar-refractivity contribution in [1.29, 1.82) is 0 Å². The molecule has 2 aromatic rings. The normalized spacial score (nSPS) is 18.6. The Morgan fingerprint density at radius 2 is 2.21 bits per heavy atom. The molecule has 0 bridgehead atoms. The van der Waals surface area contributed by atoms with E-state index < -0.39 is 17.2 Å². The zero-order chi connectivity index (χ0) is 20.7. The first kappa shape index (κ1) is 19.1. The second-order valence-corrected chi connectivity index (χ2v) is 7.37. The van der Waals surface area contributed by atoms with Crippen LogP contribution in [0.1, 0.15) is 42.1 Å². The van der Waals surface area contributed by atoms with Gasteiger partial charge in [-0.1, -0.05) is 0 Å². The van der Waals surface area contributed by atoms with E-state index in [0.29, 0.717) is 24.4 Å². The number of hydrogen-bond acceptors (Lipinski definition) is 5. The van der Waals surface area contributed by atoms with Crippen molar-refractivity contribution in [3.8, 4) is 0 Å². The first-order valence-electron chi connectivity index (χ1n) is 9.46. The molecule has 1 saturated carbocycles. The quantitative estimate of drug-likeness (QED) is 0.767. The number of nitrogens with zero attached hydrogens (tertiary/aromatic N) is 4. The fourth-order valence-corrected chi connectivity index (χ4v) is 3.80. The van der Waals surface area contributed by atoms with Crippen molar-refractivity contribution in [2.45, 2.75) is 31.7 Å². The van der Waals surface area contributed by atoms with Gasteiger partial charge in [-0.2, -0.15) is 0 Å². The standard InChI is InChI=1S/C20H20FN5O3/c1-23-16(8-22)11-3-2-6-25(9-11)19-15(21)7-13-17(27)14(20(28)29)10-26(12-4-5-12)18(13)24-19/h7,10,12H,2-6,8-9,22H2,(H,28,29)/b16-11+. The van der Waals surface area contributed by atoms with Crippen LogP contribution in [0.5, 0.6) is 0 Å². The van der Waals surface area contributed by atoms with E-state index in [1.54, 1.807) is 9.47 Å². The Hall–Kier alpha value is -3.25. The third-order valence-electron chi connectivity index (χ3n) is 5.43. The molecule has 4 rings (SSSR count). The Labute approximate surface area is 165 Å². The van der Waals surface area contributed by atoms with E-state index in [9.17, 15) is 19.1 Å². The van der Waals surface area contributed by atoms with Gasteiger partial charge in [0.25, 0.3) is 0 Å². The number of anilines is 1. The van der Waals surface area contributed by atoms with Crippen LogP contribution in [0.4, 0.5) is 10.2 Å². The van der Waals surface area contributed by atoms with Gasteiger partial charge in [-0.25, -0.2) is 19.0 Å². The van der Waals surface area contributed by atoms with Crippen molar-refractivity contribution in [3.05, 3.63) is 56.6 Å². The topological polar surface area (TPSA) is 106 Å². The summed E-state index contributed by atoms with van der Waals surface area (Å²) in [5.41, 5.74) is 6.18. The van der Waals surface area contributed by atoms with Crippen molar-refractivity contribution in [2.75, 3.05) is 24.5 Å². The van der Waals surface area contributed by atoms with E-state index in [1.807, 2.05) is 0 Å². The molecular formula is C20H20FN5O3. The maximum absolute atomic E-state index is 15.0. The minimum absolute atomic E-state index is 0.0327. The van der Waals surface area contributed by atoms with Crippen molar-refractivity contribution in [3.63, 3.8) is 0 Å². The summed E-state index contributed by atoms with van der Waals surface area (Å²) in [4.78, 5) is 33.7. The number of nitrogens with two attached hydrogens (primary N) is 1. The van der Waals surface area contributed by atoms with E-state index in [4.69, 9.17) is 12.3 Å². The van der Waals surface area contributed by atoms with Crippen LogP contribution < -0.4 is 16.1 Å². The molecule has 2 aliphatic rings. The van der Waals surface area contributed by atoms with Crippen LogP contribution in [-0.4, -0.2) is 40.3 Å². The van der Waals surface area contributed by atoms with Gasteiger partial charge in [0.15, 0.2) is 17.3 Å². The molecule has 0 unspecified atom stereocenters. The van der Waals surface area contributed by atoms with Crippen LogP contribution in [-0.2, 0) is 0 Å². The molecule has 0 radical (unpaired) electrons. The first-order valence-corrected chi connectivity index (χ1v) is 9.46. The lowest BCUT2D eigenvalue weighted by atomic mass is 10.0. The molecule has 2 fully saturated rings. The van der Waals surface area contributed by atoms with Crippen molar-refractivity contribution >= 4 is 22.8 Å². The highest BCUT2D eigenvalue weighted by Gasteiger charge is 2.29. The average molecular weight is 397 g/mol. The smallest absolute Gasteiger partial charge is 0.341 e. The van der Waals surface area contributed by atoms with Crippen LogP contribution in [0.2, 0.25) is 0 Å². The summed E-state index contributed by atoms with van der Waals surface area (Å²) in [6, 6.07) is 1.15. The number of carbonyl (C=O) groups is 1. The minimum Gasteiger partial charge on any atom is -0.477 e. The van der Waals surface area contributed by atoms with E-state index in [0.717, 1.165) is 37.3 Å².